The number of piperazine rings is 1. The number of nitrogens with one attached hydrogen (secondary N) is 1. The minimum absolute atomic E-state index is 0.163. The molecule has 2 aromatic carbocycles. The number of nitrogens with two attached hydrogens (primary N) is 2. The van der Waals surface area contributed by atoms with Crippen LogP contribution in [0.1, 0.15) is 113 Å². The minimum Gasteiger partial charge on any atom is -0.405 e. The zero-order valence-electron chi connectivity index (χ0n) is 43.0. The van der Waals surface area contributed by atoms with E-state index in [4.69, 9.17) is 10.7 Å². The van der Waals surface area contributed by atoms with Crippen molar-refractivity contribution < 1.29 is 8.78 Å². The molecule has 68 heavy (non-hydrogen) atoms. The molecule has 1 saturated carbocycles. The third-order valence-corrected chi connectivity index (χ3v) is 13.3. The lowest BCUT2D eigenvalue weighted by Crippen LogP contribution is -2.43. The number of nitrogens with zero attached hydrogens (tertiary/aromatic N) is 4. The fourth-order valence-electron chi connectivity index (χ4n) is 7.78. The number of aryl methyl sites for hydroxylation is 2. The van der Waals surface area contributed by atoms with Gasteiger partial charge in [-0.05, 0) is 117 Å². The van der Waals surface area contributed by atoms with Gasteiger partial charge in [0.15, 0.2) is 0 Å². The van der Waals surface area contributed by atoms with Gasteiger partial charge in [0.2, 0.25) is 0 Å². The Balaban J connectivity index is 0.000000310. The molecule has 0 unspecified atom stereocenters. The van der Waals surface area contributed by atoms with Crippen LogP contribution in [0.4, 0.5) is 19.6 Å². The molecule has 2 fully saturated rings. The highest BCUT2D eigenvalue weighted by Crippen LogP contribution is 2.54. The van der Waals surface area contributed by atoms with Crippen LogP contribution in [0, 0.1) is 12.8 Å². The van der Waals surface area contributed by atoms with E-state index in [1.807, 2.05) is 86.7 Å². The third kappa shape index (κ3) is 17.0. The third-order valence-electron chi connectivity index (χ3n) is 12.2. The van der Waals surface area contributed by atoms with Gasteiger partial charge in [-0.1, -0.05) is 142 Å². The summed E-state index contributed by atoms with van der Waals surface area (Å²) in [4.78, 5) is 13.2. The van der Waals surface area contributed by atoms with Crippen molar-refractivity contribution in [3.05, 3.63) is 168 Å². The van der Waals surface area contributed by atoms with Crippen LogP contribution in [-0.4, -0.2) is 61.0 Å². The Morgan fingerprint density at radius 2 is 1.63 bits per heavy atom. The molecule has 0 radical (unpaired) electrons. The normalized spacial score (nSPS) is 15.1. The highest BCUT2D eigenvalue weighted by Gasteiger charge is 2.48. The number of hydrogen-bond donors (Lipinski definition) is 3. The number of hydrogen-bond acceptors (Lipinski definition) is 8. The lowest BCUT2D eigenvalue weighted by Gasteiger charge is -2.38. The summed E-state index contributed by atoms with van der Waals surface area (Å²) >= 11 is 1.92. The molecule has 1 aliphatic heterocycles. The number of likely N-dealkylation sites (N-methyl/N-ethyl adjacent to an activating group) is 1. The van der Waals surface area contributed by atoms with Crippen LogP contribution in [0.15, 0.2) is 135 Å². The van der Waals surface area contributed by atoms with Gasteiger partial charge in [0, 0.05) is 71.1 Å². The van der Waals surface area contributed by atoms with E-state index in [0.29, 0.717) is 11.5 Å². The summed E-state index contributed by atoms with van der Waals surface area (Å²) in [7, 11) is 4.15. The Labute approximate surface area is 414 Å². The Hall–Kier alpha value is -5.45. The Kier molecular flexibility index (Phi) is 23.0. The van der Waals surface area contributed by atoms with Crippen LogP contribution in [0.25, 0.3) is 17.0 Å². The zero-order valence-corrected chi connectivity index (χ0v) is 43.8. The maximum Gasteiger partial charge on any atom is 0.256 e. The first kappa shape index (κ1) is 56.9. The zero-order chi connectivity index (χ0) is 50.6. The van der Waals surface area contributed by atoms with Gasteiger partial charge in [0.1, 0.15) is 5.82 Å². The van der Waals surface area contributed by atoms with Crippen molar-refractivity contribution in [3.8, 4) is 11.3 Å². The fraction of sp³-hybridized carbons (Fsp3) is 0.431. The number of anilines is 2. The van der Waals surface area contributed by atoms with Crippen molar-refractivity contribution in [2.75, 3.05) is 50.5 Å². The number of aromatic nitrogens is 1. The number of halogens is 2. The van der Waals surface area contributed by atoms with E-state index in [-0.39, 0.29) is 18.3 Å². The van der Waals surface area contributed by atoms with Gasteiger partial charge >= 0.3 is 0 Å². The fourth-order valence-corrected chi connectivity index (χ4v) is 8.89. The summed E-state index contributed by atoms with van der Waals surface area (Å²) in [6.45, 7) is 38.5. The van der Waals surface area contributed by atoms with Crippen molar-refractivity contribution in [1.29, 1.82) is 0 Å². The van der Waals surface area contributed by atoms with Gasteiger partial charge in [-0.25, -0.2) is 13.8 Å². The molecule has 7 rings (SSSR count). The van der Waals surface area contributed by atoms with Crippen LogP contribution >= 0.6 is 11.3 Å². The van der Waals surface area contributed by atoms with E-state index in [1.54, 1.807) is 0 Å². The predicted molar refractivity (Wildman–Crippen MR) is 293 cm³/mol. The topological polar surface area (TPSA) is 86.7 Å². The molecule has 5 N–H and O–H groups in total. The first-order chi connectivity index (χ1) is 32.4. The molecular formula is C58H83F2N7S. The van der Waals surface area contributed by atoms with Crippen molar-refractivity contribution in [2.24, 2.45) is 17.4 Å². The molecule has 3 heterocycles. The number of unbranched alkanes of at least 4 members (excludes halogenated alkanes) is 2. The van der Waals surface area contributed by atoms with Crippen LogP contribution in [0.3, 0.4) is 0 Å². The standard InChI is InChI=1S/C28H27F2N3.C21H33N3S.C5H12.C2H5N.C2H6/c1-17-7-10-25(33-26(17)21-6-4-5-20(13-21)18(2)31)32-19(3)27(11-12-27)24-9-8-22-15-28(29,30)16-23(22)14-24;1-6-7-8-11-20-12-13-21(25-20)24-16-15-23(17-19(24)3)18(2)10-9-14-22(4)5;1-4-5(2)3;1-2-3;1-2/h4-10,13-14H,2-3,11-12,15-16,31H2,1H3,(H,32,33);9-10,12-13H,2-3,6-8,11,14-17H2,1,4-5H3;5H,4H2,1-3H3;2H,1,3H2;1-2H3/b;10-9+;;;. The van der Waals surface area contributed by atoms with Crippen molar-refractivity contribution in [3.63, 3.8) is 0 Å². The number of fused-ring (bicyclic) bond motifs is 1. The maximum atomic E-state index is 13.9. The lowest BCUT2D eigenvalue weighted by molar-refractivity contribution is 0.0130. The molecule has 1 saturated heterocycles. The Morgan fingerprint density at radius 1 is 0.956 bits per heavy atom. The summed E-state index contributed by atoms with van der Waals surface area (Å²) in [6, 6.07) is 22.2. The Morgan fingerprint density at radius 3 is 2.24 bits per heavy atom. The minimum atomic E-state index is -2.64. The summed E-state index contributed by atoms with van der Waals surface area (Å²) in [6.07, 6.45) is 13.5. The molecule has 3 aliphatic rings. The smallest absolute Gasteiger partial charge is 0.256 e. The van der Waals surface area contributed by atoms with Gasteiger partial charge in [-0.15, -0.1) is 11.3 Å². The Bertz CT molecular complexity index is 2300. The summed E-state index contributed by atoms with van der Waals surface area (Å²) in [5, 5.41) is 4.74. The number of pyridine rings is 1. The average molecular weight is 948 g/mol. The summed E-state index contributed by atoms with van der Waals surface area (Å²) in [5.41, 5.74) is 20.2. The predicted octanol–water partition coefficient (Wildman–Crippen LogP) is 14.3. The van der Waals surface area contributed by atoms with Crippen LogP contribution in [0.2, 0.25) is 0 Å². The first-order valence-corrected chi connectivity index (χ1v) is 25.3. The van der Waals surface area contributed by atoms with Crippen molar-refractivity contribution in [1.82, 2.24) is 14.8 Å². The lowest BCUT2D eigenvalue weighted by atomic mass is 9.90. The van der Waals surface area contributed by atoms with E-state index in [0.717, 1.165) is 101 Å². The summed E-state index contributed by atoms with van der Waals surface area (Å²) in [5.74, 6) is -1.05. The average Bonchev–Trinajstić information content (AvgIpc) is 3.89. The van der Waals surface area contributed by atoms with Gasteiger partial charge in [-0.3, -0.25) is 0 Å². The molecular weight excluding hydrogens is 865 g/mol. The molecule has 0 atom stereocenters. The van der Waals surface area contributed by atoms with Gasteiger partial charge < -0.3 is 31.5 Å². The monoisotopic (exact) mass is 948 g/mol. The van der Waals surface area contributed by atoms with Crippen LogP contribution < -0.4 is 21.7 Å². The van der Waals surface area contributed by atoms with Crippen LogP contribution in [0.5, 0.6) is 0 Å². The van der Waals surface area contributed by atoms with Gasteiger partial charge in [-0.2, -0.15) is 0 Å². The second kappa shape index (κ2) is 27.5. The number of alkyl halides is 2. The second-order valence-corrected chi connectivity index (χ2v) is 19.5. The molecule has 10 heteroatoms. The molecule has 370 valence electrons. The highest BCUT2D eigenvalue weighted by molar-refractivity contribution is 7.16. The van der Waals surface area contributed by atoms with E-state index in [9.17, 15) is 8.78 Å². The molecule has 2 aliphatic carbocycles. The SMILES string of the molecule is C=C(/C=C/CN(C)C)N1CCN(c2ccc(CCCCC)s2)C(=C)C1.C=C(N)c1cccc(-c2nc(NC(=C)C3(c4ccc5c(c4)CC(F)(F)C5)CC3)ccc2C)c1.C=CN.CC.CCC(C)C. The molecule has 0 spiro atoms. The number of benzene rings is 2. The summed E-state index contributed by atoms with van der Waals surface area (Å²) < 4.78 is 27.7. The van der Waals surface area contributed by atoms with Gasteiger partial charge in [0.25, 0.3) is 5.92 Å². The molecule has 4 aromatic rings. The van der Waals surface area contributed by atoms with Gasteiger partial charge in [0.05, 0.1) is 17.2 Å². The van der Waals surface area contributed by atoms with Crippen molar-refractivity contribution in [2.45, 2.75) is 118 Å². The number of allylic oxidation sites excluding steroid dienone is 2. The molecule has 0 amide bonds. The highest BCUT2D eigenvalue weighted by atomic mass is 32.1. The van der Waals surface area contributed by atoms with Crippen molar-refractivity contribution >= 4 is 27.9 Å². The maximum absolute atomic E-state index is 13.9. The number of rotatable bonds is 16. The van der Waals surface area contributed by atoms with E-state index in [1.165, 1.54) is 48.2 Å². The largest absolute Gasteiger partial charge is 0.405 e. The van der Waals surface area contributed by atoms with Crippen LogP contribution in [-0.2, 0) is 24.7 Å². The first-order valence-electron chi connectivity index (χ1n) is 24.5. The molecule has 7 nitrogen and oxygen atoms in total. The van der Waals surface area contributed by atoms with E-state index >= 15 is 0 Å². The van der Waals surface area contributed by atoms with E-state index < -0.39 is 5.92 Å². The number of thiophene rings is 1. The van der Waals surface area contributed by atoms with E-state index in [2.05, 4.69) is 125 Å². The second-order valence-electron chi connectivity index (χ2n) is 18.4. The molecule has 0 bridgehead atoms. The molecule has 2 aromatic heterocycles. The quantitative estimate of drug-likeness (QED) is 0.0762.